The van der Waals surface area contributed by atoms with Gasteiger partial charge in [0.05, 0.1) is 19.9 Å². The van der Waals surface area contributed by atoms with E-state index in [4.69, 9.17) is 9.15 Å². The van der Waals surface area contributed by atoms with Crippen LogP contribution in [-0.4, -0.2) is 34.2 Å². The summed E-state index contributed by atoms with van der Waals surface area (Å²) in [6, 6.07) is 20.2. The van der Waals surface area contributed by atoms with Gasteiger partial charge in [0.15, 0.2) is 5.76 Å². The molecule has 2 aromatic carbocycles. The molecule has 3 heterocycles. The lowest BCUT2D eigenvalue weighted by atomic mass is 9.93. The highest BCUT2D eigenvalue weighted by Crippen LogP contribution is 2.35. The molecule has 8 nitrogen and oxygen atoms in total. The molecule has 5 rings (SSSR count). The van der Waals surface area contributed by atoms with E-state index in [0.29, 0.717) is 35.1 Å². The summed E-state index contributed by atoms with van der Waals surface area (Å²) < 4.78 is 12.3. The van der Waals surface area contributed by atoms with Crippen molar-refractivity contribution in [1.82, 2.24) is 15.1 Å². The molecule has 0 saturated carbocycles. The predicted octanol–water partition coefficient (Wildman–Crippen LogP) is 4.20. The monoisotopic (exact) mass is 470 g/mol. The quantitative estimate of drug-likeness (QED) is 0.456. The number of benzene rings is 2. The molecule has 1 aliphatic heterocycles. The van der Waals surface area contributed by atoms with Gasteiger partial charge in [-0.15, -0.1) is 0 Å². The lowest BCUT2D eigenvalue weighted by Crippen LogP contribution is -2.64. The topological polar surface area (TPSA) is 89.6 Å². The summed E-state index contributed by atoms with van der Waals surface area (Å²) in [5, 5.41) is 7.63. The molecule has 1 atom stereocenters. The van der Waals surface area contributed by atoms with Crippen LogP contribution in [0.15, 0.2) is 77.4 Å². The number of nitrogens with zero attached hydrogens (tertiary/aromatic N) is 3. The van der Waals surface area contributed by atoms with Crippen LogP contribution in [0.3, 0.4) is 0 Å². The SMILES string of the molecule is COc1ccc(N2C(=O)c3cc(-c4ccco4)nn3CC2(C)C(=O)NCc2ccccc2C)cc1. The van der Waals surface area contributed by atoms with E-state index in [1.54, 1.807) is 72.3 Å². The Kier molecular flexibility index (Phi) is 5.64. The third kappa shape index (κ3) is 3.97. The number of hydrogen-bond donors (Lipinski definition) is 1. The van der Waals surface area contributed by atoms with Gasteiger partial charge >= 0.3 is 0 Å². The number of furan rings is 1. The number of nitrogens with one attached hydrogen (secondary N) is 1. The molecule has 1 unspecified atom stereocenters. The van der Waals surface area contributed by atoms with Gasteiger partial charge < -0.3 is 14.5 Å². The average Bonchev–Trinajstić information content (AvgIpc) is 3.54. The minimum Gasteiger partial charge on any atom is -0.497 e. The number of rotatable bonds is 6. The van der Waals surface area contributed by atoms with E-state index in [0.717, 1.165) is 11.1 Å². The van der Waals surface area contributed by atoms with E-state index in [1.807, 2.05) is 31.2 Å². The number of methoxy groups -OCH3 is 1. The molecule has 0 saturated heterocycles. The fraction of sp³-hybridized carbons (Fsp3) is 0.222. The summed E-state index contributed by atoms with van der Waals surface area (Å²) in [5.41, 5.74) is 2.39. The summed E-state index contributed by atoms with van der Waals surface area (Å²) in [4.78, 5) is 29.1. The standard InChI is InChI=1S/C27H26N4O4/c1-18-7-4-5-8-19(18)16-28-26(33)27(2)17-30-23(15-22(29-30)24-9-6-14-35-24)25(32)31(27)20-10-12-21(34-3)13-11-20/h4-15H,16-17H2,1-3H3,(H,28,33). The van der Waals surface area contributed by atoms with Crippen LogP contribution in [0.2, 0.25) is 0 Å². The number of anilines is 1. The number of carbonyl (C=O) groups is 2. The van der Waals surface area contributed by atoms with Gasteiger partial charge in [0.25, 0.3) is 5.91 Å². The van der Waals surface area contributed by atoms with Gasteiger partial charge in [-0.1, -0.05) is 24.3 Å². The zero-order valence-corrected chi connectivity index (χ0v) is 19.8. The molecule has 2 amide bonds. The molecule has 0 radical (unpaired) electrons. The van der Waals surface area contributed by atoms with Gasteiger partial charge in [0.1, 0.15) is 22.7 Å². The lowest BCUT2D eigenvalue weighted by molar-refractivity contribution is -0.126. The van der Waals surface area contributed by atoms with Gasteiger partial charge in [-0.3, -0.25) is 19.2 Å². The Balaban J connectivity index is 1.53. The van der Waals surface area contributed by atoms with Crippen molar-refractivity contribution in [1.29, 1.82) is 0 Å². The van der Waals surface area contributed by atoms with Crippen LogP contribution in [0.25, 0.3) is 11.5 Å². The van der Waals surface area contributed by atoms with Crippen molar-refractivity contribution >= 4 is 17.5 Å². The Morgan fingerprint density at radius 3 is 2.60 bits per heavy atom. The first-order valence-electron chi connectivity index (χ1n) is 11.3. The van der Waals surface area contributed by atoms with Crippen molar-refractivity contribution in [3.05, 3.63) is 89.8 Å². The maximum atomic E-state index is 13.8. The van der Waals surface area contributed by atoms with Crippen LogP contribution >= 0.6 is 0 Å². The summed E-state index contributed by atoms with van der Waals surface area (Å²) in [6.45, 7) is 4.30. The van der Waals surface area contributed by atoms with Gasteiger partial charge in [-0.05, 0) is 61.4 Å². The van der Waals surface area contributed by atoms with Gasteiger partial charge in [0, 0.05) is 18.3 Å². The molecule has 4 aromatic rings. The smallest absolute Gasteiger partial charge is 0.277 e. The second-order valence-corrected chi connectivity index (χ2v) is 8.77. The maximum absolute atomic E-state index is 13.8. The largest absolute Gasteiger partial charge is 0.497 e. The minimum atomic E-state index is -1.23. The van der Waals surface area contributed by atoms with Crippen LogP contribution in [-0.2, 0) is 17.9 Å². The number of ether oxygens (including phenoxy) is 1. The molecule has 0 bridgehead atoms. The Morgan fingerprint density at radius 1 is 1.14 bits per heavy atom. The van der Waals surface area contributed by atoms with Crippen LogP contribution in [0.1, 0.15) is 28.5 Å². The van der Waals surface area contributed by atoms with Gasteiger partial charge in [0.2, 0.25) is 5.91 Å². The Morgan fingerprint density at radius 2 is 1.91 bits per heavy atom. The molecular formula is C27H26N4O4. The Labute approximate surface area is 203 Å². The summed E-state index contributed by atoms with van der Waals surface area (Å²) >= 11 is 0. The number of aromatic nitrogens is 2. The highest BCUT2D eigenvalue weighted by Gasteiger charge is 2.49. The molecular weight excluding hydrogens is 444 g/mol. The van der Waals surface area contributed by atoms with Gasteiger partial charge in [-0.25, -0.2) is 0 Å². The molecule has 0 spiro atoms. The average molecular weight is 471 g/mol. The Bertz CT molecular complexity index is 1370. The van der Waals surface area contributed by atoms with E-state index < -0.39 is 5.54 Å². The molecule has 0 fully saturated rings. The fourth-order valence-electron chi connectivity index (χ4n) is 4.44. The number of aryl methyl sites for hydroxylation is 1. The van der Waals surface area contributed by atoms with Crippen molar-refractivity contribution < 1.29 is 18.7 Å². The predicted molar refractivity (Wildman–Crippen MR) is 131 cm³/mol. The summed E-state index contributed by atoms with van der Waals surface area (Å²) in [6.07, 6.45) is 1.56. The zero-order chi connectivity index (χ0) is 24.6. The molecule has 178 valence electrons. The maximum Gasteiger partial charge on any atom is 0.277 e. The van der Waals surface area contributed by atoms with Crippen molar-refractivity contribution in [3.63, 3.8) is 0 Å². The van der Waals surface area contributed by atoms with E-state index in [2.05, 4.69) is 10.4 Å². The molecule has 8 heteroatoms. The highest BCUT2D eigenvalue weighted by molar-refractivity contribution is 6.12. The van der Waals surface area contributed by atoms with Crippen molar-refractivity contribution in [2.24, 2.45) is 0 Å². The molecule has 35 heavy (non-hydrogen) atoms. The highest BCUT2D eigenvalue weighted by atomic mass is 16.5. The zero-order valence-electron chi connectivity index (χ0n) is 19.8. The summed E-state index contributed by atoms with van der Waals surface area (Å²) in [5.74, 6) is 0.626. The van der Waals surface area contributed by atoms with Crippen LogP contribution in [0.5, 0.6) is 5.75 Å². The number of carbonyl (C=O) groups excluding carboxylic acids is 2. The lowest BCUT2D eigenvalue weighted by Gasteiger charge is -2.43. The van der Waals surface area contributed by atoms with Crippen LogP contribution < -0.4 is 15.0 Å². The first-order chi connectivity index (χ1) is 16.9. The van der Waals surface area contributed by atoms with Crippen LogP contribution in [0.4, 0.5) is 5.69 Å². The van der Waals surface area contributed by atoms with E-state index in [9.17, 15) is 9.59 Å². The molecule has 0 aliphatic carbocycles. The van der Waals surface area contributed by atoms with E-state index in [1.165, 1.54) is 0 Å². The minimum absolute atomic E-state index is 0.181. The third-order valence-electron chi connectivity index (χ3n) is 6.45. The van der Waals surface area contributed by atoms with Gasteiger partial charge in [-0.2, -0.15) is 5.10 Å². The van der Waals surface area contributed by atoms with Crippen LogP contribution in [0, 0.1) is 6.92 Å². The normalized spacial score (nSPS) is 17.2. The second-order valence-electron chi connectivity index (χ2n) is 8.77. The number of fused-ring (bicyclic) bond motifs is 1. The second kappa shape index (κ2) is 8.79. The Hall–Kier alpha value is -4.33. The first kappa shape index (κ1) is 22.5. The third-order valence-corrected chi connectivity index (χ3v) is 6.45. The molecule has 1 N–H and O–H groups in total. The van der Waals surface area contributed by atoms with E-state index >= 15 is 0 Å². The number of amides is 2. The molecule has 2 aromatic heterocycles. The number of hydrogen-bond acceptors (Lipinski definition) is 5. The van der Waals surface area contributed by atoms with Crippen molar-refractivity contribution in [3.8, 4) is 17.2 Å². The summed E-state index contributed by atoms with van der Waals surface area (Å²) in [7, 11) is 1.58. The molecule has 1 aliphatic rings. The van der Waals surface area contributed by atoms with E-state index in [-0.39, 0.29) is 18.4 Å². The first-order valence-corrected chi connectivity index (χ1v) is 11.3. The fourth-order valence-corrected chi connectivity index (χ4v) is 4.44. The van der Waals surface area contributed by atoms with Crippen molar-refractivity contribution in [2.75, 3.05) is 12.0 Å². The van der Waals surface area contributed by atoms with Crippen molar-refractivity contribution in [2.45, 2.75) is 32.5 Å².